The van der Waals surface area contributed by atoms with Crippen molar-refractivity contribution in [2.45, 2.75) is 19.8 Å². The number of pyridine rings is 2. The number of carbonyl (C=O) groups excluding carboxylic acids is 1. The van der Waals surface area contributed by atoms with Gasteiger partial charge < -0.3 is 15.0 Å². The number of morpholine rings is 1. The molecule has 1 aliphatic carbocycles. The highest BCUT2D eigenvalue weighted by Gasteiger charge is 2.30. The summed E-state index contributed by atoms with van der Waals surface area (Å²) in [5.41, 5.74) is 5.93. The third-order valence-electron chi connectivity index (χ3n) is 6.04. The van der Waals surface area contributed by atoms with E-state index in [0.29, 0.717) is 5.13 Å². The van der Waals surface area contributed by atoms with Crippen molar-refractivity contribution in [3.8, 4) is 27.5 Å². The second-order valence-corrected chi connectivity index (χ2v) is 9.28. The lowest BCUT2D eigenvalue weighted by atomic mass is 9.95. The van der Waals surface area contributed by atoms with Crippen molar-refractivity contribution < 1.29 is 9.53 Å². The van der Waals surface area contributed by atoms with Gasteiger partial charge in [-0.15, -0.1) is 0 Å². The normalized spacial score (nSPS) is 15.0. The number of fused-ring (bicyclic) bond motifs is 3. The highest BCUT2D eigenvalue weighted by Crippen LogP contribution is 2.44. The highest BCUT2D eigenvalue weighted by molar-refractivity contribution is 7.19. The summed E-state index contributed by atoms with van der Waals surface area (Å²) in [6.07, 6.45) is 7.09. The van der Waals surface area contributed by atoms with Crippen molar-refractivity contribution >= 4 is 28.2 Å². The Morgan fingerprint density at radius 1 is 1.15 bits per heavy atom. The average molecular weight is 474 g/mol. The summed E-state index contributed by atoms with van der Waals surface area (Å²) in [6.45, 7) is 4.61. The van der Waals surface area contributed by atoms with Gasteiger partial charge in [-0.1, -0.05) is 11.3 Å². The molecule has 1 saturated heterocycles. The molecule has 9 nitrogen and oxygen atoms in total. The first-order chi connectivity index (χ1) is 16.7. The van der Waals surface area contributed by atoms with E-state index in [1.165, 1.54) is 18.3 Å². The fourth-order valence-electron chi connectivity index (χ4n) is 4.48. The van der Waals surface area contributed by atoms with E-state index in [0.717, 1.165) is 83.7 Å². The van der Waals surface area contributed by atoms with Gasteiger partial charge in [0.1, 0.15) is 5.82 Å². The molecule has 34 heavy (non-hydrogen) atoms. The van der Waals surface area contributed by atoms with E-state index >= 15 is 0 Å². The molecule has 0 spiro atoms. The van der Waals surface area contributed by atoms with Crippen molar-refractivity contribution in [3.63, 3.8) is 0 Å². The van der Waals surface area contributed by atoms with Gasteiger partial charge >= 0.3 is 0 Å². The predicted molar refractivity (Wildman–Crippen MR) is 130 cm³/mol. The average Bonchev–Trinajstić information content (AvgIpc) is 3.46. The molecule has 0 aromatic carbocycles. The summed E-state index contributed by atoms with van der Waals surface area (Å²) in [7, 11) is 0. The lowest BCUT2D eigenvalue weighted by Crippen LogP contribution is -2.36. The number of aromatic nitrogens is 5. The van der Waals surface area contributed by atoms with Crippen LogP contribution in [0.15, 0.2) is 42.9 Å². The van der Waals surface area contributed by atoms with E-state index in [9.17, 15) is 4.79 Å². The van der Waals surface area contributed by atoms with Gasteiger partial charge in [0.05, 0.1) is 47.1 Å². The van der Waals surface area contributed by atoms with Crippen LogP contribution in [-0.4, -0.2) is 56.9 Å². The van der Waals surface area contributed by atoms with Gasteiger partial charge in [-0.05, 0) is 37.1 Å². The number of thiazole rings is 1. The molecule has 0 unspecified atom stereocenters. The maximum atomic E-state index is 11.6. The van der Waals surface area contributed by atoms with Gasteiger partial charge in [0.25, 0.3) is 0 Å². The molecular formula is C24H23N7O2S. The SMILES string of the molecule is CC(=O)Nc1nc2c(s1)-c1c(c(-c3cccnc3)nn1-c1ccc(N3CCOCC3)nc1)CC2. The quantitative estimate of drug-likeness (QED) is 0.485. The number of nitrogens with zero attached hydrogens (tertiary/aromatic N) is 6. The first-order valence-electron chi connectivity index (χ1n) is 11.3. The molecule has 172 valence electrons. The Hall–Kier alpha value is -3.63. The minimum absolute atomic E-state index is 0.126. The van der Waals surface area contributed by atoms with Crippen LogP contribution in [0.1, 0.15) is 18.2 Å². The van der Waals surface area contributed by atoms with E-state index in [1.54, 1.807) is 6.20 Å². The van der Waals surface area contributed by atoms with E-state index in [-0.39, 0.29) is 5.91 Å². The third-order valence-corrected chi connectivity index (χ3v) is 7.06. The zero-order chi connectivity index (χ0) is 23.1. The Balaban J connectivity index is 1.47. The molecule has 4 aromatic heterocycles. The first-order valence-corrected chi connectivity index (χ1v) is 12.1. The van der Waals surface area contributed by atoms with Gasteiger partial charge in [0, 0.05) is 43.5 Å². The van der Waals surface area contributed by atoms with Crippen LogP contribution in [0, 0.1) is 0 Å². The number of ether oxygens (including phenoxy) is 1. The topological polar surface area (TPSA) is 98.1 Å². The Labute approximate surface area is 200 Å². The van der Waals surface area contributed by atoms with Crippen LogP contribution >= 0.6 is 11.3 Å². The Bertz CT molecular complexity index is 1340. The standard InChI is InChI=1S/C24H23N7O2S/c1-15(32)27-24-28-19-6-5-18-21(16-3-2-8-25-13-16)29-31(22(18)23(19)34-24)17-4-7-20(26-14-17)30-9-11-33-12-10-30/h2-4,7-8,13-14H,5-6,9-12H2,1H3,(H,27,28,32). The van der Waals surface area contributed by atoms with E-state index in [4.69, 9.17) is 14.8 Å². The van der Waals surface area contributed by atoms with Crippen LogP contribution in [0.25, 0.3) is 27.5 Å². The molecular weight excluding hydrogens is 450 g/mol. The summed E-state index contributed by atoms with van der Waals surface area (Å²) in [5, 5.41) is 8.49. The van der Waals surface area contributed by atoms with Crippen LogP contribution in [-0.2, 0) is 22.4 Å². The number of carbonyl (C=O) groups is 1. The van der Waals surface area contributed by atoms with Crippen molar-refractivity contribution in [2.24, 2.45) is 0 Å². The summed E-state index contributed by atoms with van der Waals surface area (Å²) in [6, 6.07) is 8.06. The third kappa shape index (κ3) is 3.74. The Morgan fingerprint density at radius 2 is 2.03 bits per heavy atom. The molecule has 0 bridgehead atoms. The van der Waals surface area contributed by atoms with Gasteiger partial charge in [-0.2, -0.15) is 5.10 Å². The van der Waals surface area contributed by atoms with Crippen LogP contribution in [0.3, 0.4) is 0 Å². The molecule has 2 aliphatic rings. The van der Waals surface area contributed by atoms with E-state index in [1.807, 2.05) is 35.3 Å². The van der Waals surface area contributed by atoms with Crippen molar-refractivity contribution in [3.05, 3.63) is 54.1 Å². The molecule has 6 rings (SSSR count). The molecule has 1 N–H and O–H groups in total. The Morgan fingerprint density at radius 3 is 2.76 bits per heavy atom. The van der Waals surface area contributed by atoms with Gasteiger partial charge in [-0.3, -0.25) is 9.78 Å². The van der Waals surface area contributed by atoms with Gasteiger partial charge in [0.2, 0.25) is 5.91 Å². The largest absolute Gasteiger partial charge is 0.378 e. The van der Waals surface area contributed by atoms with Crippen LogP contribution in [0.2, 0.25) is 0 Å². The molecule has 0 radical (unpaired) electrons. The molecule has 5 heterocycles. The van der Waals surface area contributed by atoms with Crippen LogP contribution in [0.5, 0.6) is 0 Å². The van der Waals surface area contributed by atoms with Crippen LogP contribution < -0.4 is 10.2 Å². The summed E-state index contributed by atoms with van der Waals surface area (Å²) < 4.78 is 7.42. The monoisotopic (exact) mass is 473 g/mol. The lowest BCUT2D eigenvalue weighted by Gasteiger charge is -2.27. The maximum absolute atomic E-state index is 11.6. The molecule has 10 heteroatoms. The summed E-state index contributed by atoms with van der Waals surface area (Å²) >= 11 is 1.49. The molecule has 1 fully saturated rings. The van der Waals surface area contributed by atoms with E-state index < -0.39 is 0 Å². The minimum atomic E-state index is -0.126. The van der Waals surface area contributed by atoms with Gasteiger partial charge in [-0.25, -0.2) is 14.6 Å². The lowest BCUT2D eigenvalue weighted by molar-refractivity contribution is -0.114. The zero-order valence-corrected chi connectivity index (χ0v) is 19.5. The van der Waals surface area contributed by atoms with Crippen LogP contribution in [0.4, 0.5) is 10.9 Å². The molecule has 1 amide bonds. The second kappa shape index (κ2) is 8.62. The predicted octanol–water partition coefficient (Wildman–Crippen LogP) is 3.35. The van der Waals surface area contributed by atoms with E-state index in [2.05, 4.69) is 26.3 Å². The molecule has 0 saturated carbocycles. The number of rotatable bonds is 4. The first kappa shape index (κ1) is 20.9. The number of hydrogen-bond acceptors (Lipinski definition) is 8. The second-order valence-electron chi connectivity index (χ2n) is 8.28. The smallest absolute Gasteiger partial charge is 0.223 e. The zero-order valence-electron chi connectivity index (χ0n) is 18.7. The molecule has 4 aromatic rings. The van der Waals surface area contributed by atoms with Crippen molar-refractivity contribution in [1.82, 2.24) is 24.7 Å². The number of anilines is 2. The number of aryl methyl sites for hydroxylation is 1. The maximum Gasteiger partial charge on any atom is 0.223 e. The number of hydrogen-bond donors (Lipinski definition) is 1. The van der Waals surface area contributed by atoms with Gasteiger partial charge in [0.15, 0.2) is 5.13 Å². The summed E-state index contributed by atoms with van der Waals surface area (Å²) in [4.78, 5) is 28.6. The van der Waals surface area contributed by atoms with Crippen molar-refractivity contribution in [2.75, 3.05) is 36.5 Å². The fourth-order valence-corrected chi connectivity index (χ4v) is 5.59. The van der Waals surface area contributed by atoms with Crippen molar-refractivity contribution in [1.29, 1.82) is 0 Å². The molecule has 1 aliphatic heterocycles. The minimum Gasteiger partial charge on any atom is -0.378 e. The highest BCUT2D eigenvalue weighted by atomic mass is 32.1. The summed E-state index contributed by atoms with van der Waals surface area (Å²) in [5.74, 6) is 0.811. The molecule has 0 atom stereocenters. The number of nitrogens with one attached hydrogen (secondary N) is 1. The number of amides is 1. The Kier molecular flexibility index (Phi) is 5.31. The fraction of sp³-hybridized carbons (Fsp3) is 0.292.